The van der Waals surface area contributed by atoms with E-state index in [4.69, 9.17) is 4.74 Å². The minimum absolute atomic E-state index is 0. The zero-order chi connectivity index (χ0) is 10.5. The van der Waals surface area contributed by atoms with Crippen molar-refractivity contribution >= 4 is 39.0 Å². The van der Waals surface area contributed by atoms with Crippen molar-refractivity contribution in [3.05, 3.63) is 64.6 Å². The first-order valence-electron chi connectivity index (χ1n) is 4.77. The first-order valence-corrected chi connectivity index (χ1v) is 5.57. The molecule has 3 heteroatoms. The first-order chi connectivity index (χ1) is 7.36. The van der Waals surface area contributed by atoms with E-state index in [-0.39, 0.29) is 23.1 Å². The lowest BCUT2D eigenvalue weighted by Gasteiger charge is -2.07. The zero-order valence-corrected chi connectivity index (χ0v) is 9.78. The number of halogens is 1. The normalized spacial score (nSPS) is 9.31. The molecule has 0 aliphatic rings. The SMILES string of the molecule is Brc1ccccc1OCc1ccccc1.[MgH2]. The summed E-state index contributed by atoms with van der Waals surface area (Å²) in [6.07, 6.45) is 0. The van der Waals surface area contributed by atoms with Crippen LogP contribution in [0.15, 0.2) is 59.1 Å². The van der Waals surface area contributed by atoms with E-state index in [0.29, 0.717) is 6.61 Å². The highest BCUT2D eigenvalue weighted by Crippen LogP contribution is 2.24. The molecule has 0 aliphatic carbocycles. The highest BCUT2D eigenvalue weighted by atomic mass is 79.9. The van der Waals surface area contributed by atoms with Crippen molar-refractivity contribution in [2.75, 3.05) is 0 Å². The topological polar surface area (TPSA) is 9.23 Å². The number of para-hydroxylation sites is 1. The molecule has 0 radical (unpaired) electrons. The molecule has 2 aromatic rings. The van der Waals surface area contributed by atoms with Crippen LogP contribution in [0.3, 0.4) is 0 Å². The third kappa shape index (κ3) is 3.81. The monoisotopic (exact) mass is 288 g/mol. The molecular weight excluding hydrogens is 276 g/mol. The Kier molecular flexibility index (Phi) is 5.88. The van der Waals surface area contributed by atoms with Gasteiger partial charge in [-0.25, -0.2) is 0 Å². The van der Waals surface area contributed by atoms with Gasteiger partial charge in [-0.05, 0) is 33.6 Å². The second kappa shape index (κ2) is 6.94. The van der Waals surface area contributed by atoms with Gasteiger partial charge in [0.1, 0.15) is 12.4 Å². The van der Waals surface area contributed by atoms with Crippen molar-refractivity contribution in [1.29, 1.82) is 0 Å². The number of hydrogen-bond donors (Lipinski definition) is 0. The number of benzene rings is 2. The lowest BCUT2D eigenvalue weighted by Crippen LogP contribution is -1.95. The molecule has 0 unspecified atom stereocenters. The Morgan fingerprint density at radius 2 is 1.50 bits per heavy atom. The summed E-state index contributed by atoms with van der Waals surface area (Å²) in [7, 11) is 0. The summed E-state index contributed by atoms with van der Waals surface area (Å²) in [5.41, 5.74) is 1.17. The molecule has 0 bridgehead atoms. The van der Waals surface area contributed by atoms with Crippen molar-refractivity contribution < 1.29 is 4.74 Å². The summed E-state index contributed by atoms with van der Waals surface area (Å²) in [4.78, 5) is 0. The van der Waals surface area contributed by atoms with Gasteiger partial charge >= 0.3 is 23.1 Å². The Morgan fingerprint density at radius 1 is 0.875 bits per heavy atom. The molecule has 0 atom stereocenters. The third-order valence-electron chi connectivity index (χ3n) is 2.07. The summed E-state index contributed by atoms with van der Waals surface area (Å²) >= 11 is 3.44. The quantitative estimate of drug-likeness (QED) is 0.789. The highest BCUT2D eigenvalue weighted by molar-refractivity contribution is 9.10. The lowest BCUT2D eigenvalue weighted by molar-refractivity contribution is 0.304. The van der Waals surface area contributed by atoms with E-state index in [0.717, 1.165) is 10.2 Å². The molecule has 1 nitrogen and oxygen atoms in total. The fourth-order valence-corrected chi connectivity index (χ4v) is 1.70. The summed E-state index contributed by atoms with van der Waals surface area (Å²) in [6.45, 7) is 0.601. The van der Waals surface area contributed by atoms with Gasteiger partial charge < -0.3 is 4.74 Å². The van der Waals surface area contributed by atoms with Gasteiger partial charge in [0.15, 0.2) is 0 Å². The van der Waals surface area contributed by atoms with Crippen LogP contribution in [0.4, 0.5) is 0 Å². The van der Waals surface area contributed by atoms with Crippen LogP contribution in [0.2, 0.25) is 0 Å². The Balaban J connectivity index is 0.00000128. The second-order valence-electron chi connectivity index (χ2n) is 3.20. The number of rotatable bonds is 3. The zero-order valence-electron chi connectivity index (χ0n) is 8.19. The number of ether oxygens (including phenoxy) is 1. The Labute approximate surface area is 120 Å². The Hall–Kier alpha value is -0.514. The van der Waals surface area contributed by atoms with Crippen molar-refractivity contribution in [3.8, 4) is 5.75 Å². The summed E-state index contributed by atoms with van der Waals surface area (Å²) < 4.78 is 6.66. The van der Waals surface area contributed by atoms with Crippen LogP contribution in [0.5, 0.6) is 5.75 Å². The molecule has 16 heavy (non-hydrogen) atoms. The highest BCUT2D eigenvalue weighted by Gasteiger charge is 1.98. The van der Waals surface area contributed by atoms with Crippen molar-refractivity contribution in [3.63, 3.8) is 0 Å². The van der Waals surface area contributed by atoms with Gasteiger partial charge in [-0.2, -0.15) is 0 Å². The molecule has 0 aliphatic heterocycles. The maximum absolute atomic E-state index is 5.68. The summed E-state index contributed by atoms with van der Waals surface area (Å²) in [5, 5.41) is 0. The fourth-order valence-electron chi connectivity index (χ4n) is 1.30. The molecule has 0 spiro atoms. The van der Waals surface area contributed by atoms with E-state index in [9.17, 15) is 0 Å². The van der Waals surface area contributed by atoms with Gasteiger partial charge in [0.25, 0.3) is 0 Å². The van der Waals surface area contributed by atoms with E-state index >= 15 is 0 Å². The smallest absolute Gasteiger partial charge is 0.316 e. The molecule has 0 saturated carbocycles. The van der Waals surface area contributed by atoms with Crippen LogP contribution in [0.25, 0.3) is 0 Å². The van der Waals surface area contributed by atoms with Gasteiger partial charge in [0, 0.05) is 0 Å². The van der Waals surface area contributed by atoms with Crippen LogP contribution < -0.4 is 4.74 Å². The molecule has 0 N–H and O–H groups in total. The molecule has 0 aromatic heterocycles. The Bertz CT molecular complexity index is 431. The minimum Gasteiger partial charge on any atom is -0.488 e. The maximum atomic E-state index is 5.68. The van der Waals surface area contributed by atoms with Gasteiger partial charge in [0.05, 0.1) is 4.47 Å². The second-order valence-corrected chi connectivity index (χ2v) is 4.06. The van der Waals surface area contributed by atoms with E-state index in [1.807, 2.05) is 42.5 Å². The maximum Gasteiger partial charge on any atom is 0.316 e. The first kappa shape index (κ1) is 13.6. The van der Waals surface area contributed by atoms with E-state index in [1.165, 1.54) is 5.56 Å². The predicted octanol–water partition coefficient (Wildman–Crippen LogP) is 3.11. The standard InChI is InChI=1S/C13H11BrO.Mg.2H/c14-12-8-4-5-9-13(12)15-10-11-6-2-1-3-7-11;;;/h1-9H,10H2;;;. The van der Waals surface area contributed by atoms with Crippen molar-refractivity contribution in [2.45, 2.75) is 6.61 Å². The van der Waals surface area contributed by atoms with Gasteiger partial charge in [-0.15, -0.1) is 0 Å². The minimum atomic E-state index is 0. The third-order valence-corrected chi connectivity index (χ3v) is 2.73. The van der Waals surface area contributed by atoms with Crippen LogP contribution >= 0.6 is 15.9 Å². The summed E-state index contributed by atoms with van der Waals surface area (Å²) in [6, 6.07) is 18.0. The van der Waals surface area contributed by atoms with E-state index in [1.54, 1.807) is 0 Å². The van der Waals surface area contributed by atoms with Gasteiger partial charge in [0.2, 0.25) is 0 Å². The van der Waals surface area contributed by atoms with Crippen molar-refractivity contribution in [2.24, 2.45) is 0 Å². The molecule has 0 amide bonds. The van der Waals surface area contributed by atoms with E-state index < -0.39 is 0 Å². The molecule has 2 rings (SSSR count). The van der Waals surface area contributed by atoms with Gasteiger partial charge in [-0.3, -0.25) is 0 Å². The largest absolute Gasteiger partial charge is 0.488 e. The average molecular weight is 289 g/mol. The average Bonchev–Trinajstić information content (AvgIpc) is 2.29. The molecule has 0 heterocycles. The van der Waals surface area contributed by atoms with E-state index in [2.05, 4.69) is 28.1 Å². The van der Waals surface area contributed by atoms with Gasteiger partial charge in [-0.1, -0.05) is 42.5 Å². The van der Waals surface area contributed by atoms with Crippen LogP contribution in [0.1, 0.15) is 5.56 Å². The lowest BCUT2D eigenvalue weighted by atomic mass is 10.2. The molecular formula is C13H13BrMgO. The molecule has 0 fully saturated rings. The van der Waals surface area contributed by atoms with Crippen molar-refractivity contribution in [1.82, 2.24) is 0 Å². The number of hydrogen-bond acceptors (Lipinski definition) is 1. The molecule has 0 saturated heterocycles. The Morgan fingerprint density at radius 3 is 2.19 bits per heavy atom. The molecule has 80 valence electrons. The molecule has 2 aromatic carbocycles. The summed E-state index contributed by atoms with van der Waals surface area (Å²) in [5.74, 6) is 0.876. The van der Waals surface area contributed by atoms with Crippen LogP contribution in [0, 0.1) is 0 Å². The van der Waals surface area contributed by atoms with Crippen LogP contribution in [-0.4, -0.2) is 23.1 Å². The van der Waals surface area contributed by atoms with Crippen LogP contribution in [-0.2, 0) is 6.61 Å². The fraction of sp³-hybridized carbons (Fsp3) is 0.0769. The predicted molar refractivity (Wildman–Crippen MR) is 73.5 cm³/mol.